The number of amides is 1. The average molecular weight is 334 g/mol. The van der Waals surface area contributed by atoms with Crippen LogP contribution >= 0.6 is 11.6 Å². The van der Waals surface area contributed by atoms with E-state index in [2.05, 4.69) is 5.32 Å². The van der Waals surface area contributed by atoms with E-state index in [1.807, 2.05) is 6.07 Å². The summed E-state index contributed by atoms with van der Waals surface area (Å²) in [6.07, 6.45) is 1.57. The van der Waals surface area contributed by atoms with Gasteiger partial charge in [-0.15, -0.1) is 0 Å². The lowest BCUT2D eigenvalue weighted by molar-refractivity contribution is -0.115. The van der Waals surface area contributed by atoms with Gasteiger partial charge in [0.25, 0.3) is 0 Å². The van der Waals surface area contributed by atoms with Gasteiger partial charge in [-0.25, -0.2) is 4.39 Å². The number of hydrogen-bond acceptors (Lipinski definition) is 3. The predicted octanol–water partition coefficient (Wildman–Crippen LogP) is 4.42. The Morgan fingerprint density at radius 2 is 2.17 bits per heavy atom. The van der Waals surface area contributed by atoms with E-state index in [-0.39, 0.29) is 23.0 Å². The minimum absolute atomic E-state index is 0.0383. The molecule has 0 spiro atoms. The number of ether oxygens (including phenoxy) is 1. The van der Waals surface area contributed by atoms with Crippen LogP contribution in [0.2, 0.25) is 5.02 Å². The molecule has 0 aliphatic heterocycles. The first-order valence-electron chi connectivity index (χ1n) is 6.86. The summed E-state index contributed by atoms with van der Waals surface area (Å²) < 4.78 is 24.4. The number of carbonyl (C=O) groups excluding carboxylic acids is 1. The summed E-state index contributed by atoms with van der Waals surface area (Å²) in [6, 6.07) is 9.80. The third-order valence-electron chi connectivity index (χ3n) is 3.44. The Balaban J connectivity index is 1.79. The zero-order chi connectivity index (χ0) is 16.4. The van der Waals surface area contributed by atoms with Crippen LogP contribution in [0.4, 0.5) is 10.1 Å². The number of rotatable bonds is 4. The van der Waals surface area contributed by atoms with Gasteiger partial charge in [0.1, 0.15) is 11.3 Å². The van der Waals surface area contributed by atoms with E-state index >= 15 is 0 Å². The third-order valence-corrected chi connectivity index (χ3v) is 3.73. The van der Waals surface area contributed by atoms with Gasteiger partial charge < -0.3 is 14.5 Å². The van der Waals surface area contributed by atoms with Crippen molar-refractivity contribution in [2.24, 2.45) is 0 Å². The fourth-order valence-electron chi connectivity index (χ4n) is 2.30. The molecule has 0 saturated heterocycles. The lowest BCUT2D eigenvalue weighted by atomic mass is 10.1. The Kier molecular flexibility index (Phi) is 4.21. The second-order valence-corrected chi connectivity index (χ2v) is 5.36. The maximum atomic E-state index is 13.8. The molecule has 0 atom stereocenters. The smallest absolute Gasteiger partial charge is 0.229 e. The maximum absolute atomic E-state index is 13.8. The van der Waals surface area contributed by atoms with E-state index in [0.717, 1.165) is 5.39 Å². The second kappa shape index (κ2) is 6.30. The second-order valence-electron chi connectivity index (χ2n) is 4.95. The van der Waals surface area contributed by atoms with Crippen LogP contribution in [0, 0.1) is 5.82 Å². The monoisotopic (exact) mass is 333 g/mol. The lowest BCUT2D eigenvalue weighted by Crippen LogP contribution is -2.15. The first-order valence-corrected chi connectivity index (χ1v) is 7.24. The van der Waals surface area contributed by atoms with Gasteiger partial charge in [0, 0.05) is 17.0 Å². The van der Waals surface area contributed by atoms with Crippen molar-refractivity contribution in [3.8, 4) is 5.75 Å². The number of nitrogens with one attached hydrogen (secondary N) is 1. The number of anilines is 1. The van der Waals surface area contributed by atoms with Gasteiger partial charge in [0.2, 0.25) is 5.91 Å². The van der Waals surface area contributed by atoms with Crippen LogP contribution in [-0.4, -0.2) is 13.0 Å². The summed E-state index contributed by atoms with van der Waals surface area (Å²) in [4.78, 5) is 12.1. The average Bonchev–Trinajstić information content (AvgIpc) is 2.94. The number of hydrogen-bond donors (Lipinski definition) is 1. The Hall–Kier alpha value is -2.53. The van der Waals surface area contributed by atoms with E-state index in [1.165, 1.54) is 18.4 Å². The van der Waals surface area contributed by atoms with Crippen molar-refractivity contribution in [1.82, 2.24) is 0 Å². The minimum atomic E-state index is -0.649. The van der Waals surface area contributed by atoms with Crippen LogP contribution in [-0.2, 0) is 11.2 Å². The summed E-state index contributed by atoms with van der Waals surface area (Å²) >= 11 is 5.69. The van der Waals surface area contributed by atoms with Crippen molar-refractivity contribution in [2.75, 3.05) is 12.4 Å². The van der Waals surface area contributed by atoms with Crippen LogP contribution in [0.5, 0.6) is 5.75 Å². The van der Waals surface area contributed by atoms with Crippen molar-refractivity contribution in [3.05, 3.63) is 59.1 Å². The molecule has 0 aliphatic carbocycles. The molecule has 0 fully saturated rings. The first kappa shape index (κ1) is 15.4. The van der Waals surface area contributed by atoms with E-state index in [0.29, 0.717) is 16.9 Å². The molecule has 0 bridgehead atoms. The van der Waals surface area contributed by atoms with Crippen molar-refractivity contribution >= 4 is 34.2 Å². The van der Waals surface area contributed by atoms with Crippen LogP contribution in [0.1, 0.15) is 5.56 Å². The standard InChI is InChI=1S/C17H13ClFNO3/c1-22-11-5-6-12-10(9-23-15(12)8-11)7-16(21)20-14-4-2-3-13(18)17(14)19/h2-6,8-9H,7H2,1H3,(H,20,21). The minimum Gasteiger partial charge on any atom is -0.497 e. The first-order chi connectivity index (χ1) is 11.1. The highest BCUT2D eigenvalue weighted by Gasteiger charge is 2.13. The number of furan rings is 1. The summed E-state index contributed by atoms with van der Waals surface area (Å²) in [6.45, 7) is 0. The maximum Gasteiger partial charge on any atom is 0.229 e. The molecule has 23 heavy (non-hydrogen) atoms. The van der Waals surface area contributed by atoms with E-state index in [4.69, 9.17) is 20.8 Å². The van der Waals surface area contributed by atoms with Crippen LogP contribution in [0.3, 0.4) is 0 Å². The molecule has 6 heteroatoms. The number of benzene rings is 2. The third kappa shape index (κ3) is 3.14. The highest BCUT2D eigenvalue weighted by molar-refractivity contribution is 6.31. The number of halogens is 2. The molecule has 1 N–H and O–H groups in total. The number of methoxy groups -OCH3 is 1. The van der Waals surface area contributed by atoms with Crippen molar-refractivity contribution in [1.29, 1.82) is 0 Å². The Labute approximate surface area is 136 Å². The topological polar surface area (TPSA) is 51.5 Å². The van der Waals surface area contributed by atoms with Crippen molar-refractivity contribution in [2.45, 2.75) is 6.42 Å². The molecule has 3 rings (SSSR count). The van der Waals surface area contributed by atoms with E-state index < -0.39 is 5.82 Å². The van der Waals surface area contributed by atoms with Gasteiger partial charge in [-0.1, -0.05) is 17.7 Å². The Morgan fingerprint density at radius 3 is 2.96 bits per heavy atom. The molecule has 1 aromatic heterocycles. The lowest BCUT2D eigenvalue weighted by Gasteiger charge is -2.06. The van der Waals surface area contributed by atoms with E-state index in [9.17, 15) is 9.18 Å². The zero-order valence-electron chi connectivity index (χ0n) is 12.2. The quantitative estimate of drug-likeness (QED) is 0.769. The summed E-state index contributed by atoms with van der Waals surface area (Å²) in [7, 11) is 1.57. The summed E-state index contributed by atoms with van der Waals surface area (Å²) in [5.41, 5.74) is 1.39. The van der Waals surface area contributed by atoms with Gasteiger partial charge in [-0.05, 0) is 24.3 Å². The van der Waals surface area contributed by atoms with Crippen LogP contribution in [0.15, 0.2) is 47.1 Å². The van der Waals surface area contributed by atoms with Crippen molar-refractivity contribution in [3.63, 3.8) is 0 Å². The molecule has 1 heterocycles. The molecule has 0 unspecified atom stereocenters. The van der Waals surface area contributed by atoms with Gasteiger partial charge in [-0.2, -0.15) is 0 Å². The largest absolute Gasteiger partial charge is 0.497 e. The van der Waals surface area contributed by atoms with Gasteiger partial charge >= 0.3 is 0 Å². The van der Waals surface area contributed by atoms with Crippen LogP contribution in [0.25, 0.3) is 11.0 Å². The Morgan fingerprint density at radius 1 is 1.35 bits per heavy atom. The summed E-state index contributed by atoms with van der Waals surface area (Å²) in [5.74, 6) is -0.335. The fourth-order valence-corrected chi connectivity index (χ4v) is 2.47. The highest BCUT2D eigenvalue weighted by Crippen LogP contribution is 2.26. The molecule has 118 valence electrons. The van der Waals surface area contributed by atoms with Gasteiger partial charge in [0.15, 0.2) is 5.82 Å². The molecule has 0 aliphatic rings. The van der Waals surface area contributed by atoms with E-state index in [1.54, 1.807) is 25.3 Å². The molecule has 4 nitrogen and oxygen atoms in total. The molecule has 0 saturated carbocycles. The van der Waals surface area contributed by atoms with Crippen molar-refractivity contribution < 1.29 is 18.3 Å². The summed E-state index contributed by atoms with van der Waals surface area (Å²) in [5, 5.41) is 3.29. The Bertz CT molecular complexity index is 875. The molecule has 0 radical (unpaired) electrons. The number of fused-ring (bicyclic) bond motifs is 1. The van der Waals surface area contributed by atoms with Crippen LogP contribution < -0.4 is 10.1 Å². The predicted molar refractivity (Wildman–Crippen MR) is 86.5 cm³/mol. The highest BCUT2D eigenvalue weighted by atomic mass is 35.5. The molecule has 2 aromatic carbocycles. The zero-order valence-corrected chi connectivity index (χ0v) is 13.0. The van der Waals surface area contributed by atoms with Gasteiger partial charge in [-0.3, -0.25) is 4.79 Å². The van der Waals surface area contributed by atoms with Gasteiger partial charge in [0.05, 0.1) is 30.5 Å². The molecule has 1 amide bonds. The normalized spacial score (nSPS) is 10.7. The molecular weight excluding hydrogens is 321 g/mol. The SMILES string of the molecule is COc1ccc2c(CC(=O)Nc3cccc(Cl)c3F)coc2c1. The fraction of sp³-hybridized carbons (Fsp3) is 0.118. The molecule has 3 aromatic rings. The number of carbonyl (C=O) groups is 1. The molecular formula is C17H13ClFNO3.